The third-order valence-electron chi connectivity index (χ3n) is 3.31. The average molecular weight is 544 g/mol. The zero-order valence-electron chi connectivity index (χ0n) is 13.0. The molecule has 7 heteroatoms. The lowest BCUT2D eigenvalue weighted by Crippen LogP contribution is -2.39. The highest BCUT2D eigenvalue weighted by atomic mass is 127. The largest absolute Gasteiger partial charge is 0.356 e. The van der Waals surface area contributed by atoms with E-state index in [9.17, 15) is 0 Å². The van der Waals surface area contributed by atoms with Gasteiger partial charge in [-0.05, 0) is 53.3 Å². The van der Waals surface area contributed by atoms with Gasteiger partial charge in [0, 0.05) is 44.5 Å². The third-order valence-corrected chi connectivity index (χ3v) is 5.26. The molecule has 2 aromatic rings. The quantitative estimate of drug-likeness (QED) is 0.355. The van der Waals surface area contributed by atoms with Gasteiger partial charge >= 0.3 is 0 Å². The summed E-state index contributed by atoms with van der Waals surface area (Å²) in [6.45, 7) is 1.75. The van der Waals surface area contributed by atoms with Crippen molar-refractivity contribution in [2.45, 2.75) is 13.0 Å². The van der Waals surface area contributed by atoms with E-state index in [2.05, 4.69) is 86.9 Å². The molecule has 0 saturated heterocycles. The van der Waals surface area contributed by atoms with Gasteiger partial charge in [0.1, 0.15) is 0 Å². The van der Waals surface area contributed by atoms with Crippen LogP contribution in [0.25, 0.3) is 0 Å². The Balaban J connectivity index is 0.00000242. The van der Waals surface area contributed by atoms with Crippen LogP contribution in [-0.4, -0.2) is 36.1 Å². The van der Waals surface area contributed by atoms with Crippen LogP contribution in [0.5, 0.6) is 0 Å². The lowest BCUT2D eigenvalue weighted by Gasteiger charge is -2.22. The number of nitrogens with zero attached hydrogens (tertiary/aromatic N) is 3. The number of aromatic nitrogens is 1. The van der Waals surface area contributed by atoms with Crippen LogP contribution < -0.4 is 5.32 Å². The Labute approximate surface area is 167 Å². The Morgan fingerprint density at radius 1 is 1.41 bits per heavy atom. The molecular weight excluding hydrogens is 522 g/mol. The lowest BCUT2D eigenvalue weighted by atomic mass is 10.3. The van der Waals surface area contributed by atoms with Crippen LogP contribution in [-0.2, 0) is 20.0 Å². The number of nitrogens with one attached hydrogen (secondary N) is 1. The van der Waals surface area contributed by atoms with Crippen molar-refractivity contribution in [3.63, 3.8) is 0 Å². The summed E-state index contributed by atoms with van der Waals surface area (Å²) >= 11 is 4.21. The minimum absolute atomic E-state index is 0. The Morgan fingerprint density at radius 3 is 2.73 bits per heavy atom. The van der Waals surface area contributed by atoms with Crippen molar-refractivity contribution >= 4 is 63.9 Å². The zero-order valence-corrected chi connectivity index (χ0v) is 18.3. The molecule has 0 aromatic carbocycles. The van der Waals surface area contributed by atoms with Gasteiger partial charge in [-0.2, -0.15) is 0 Å². The lowest BCUT2D eigenvalue weighted by molar-refractivity contribution is 0.462. The summed E-state index contributed by atoms with van der Waals surface area (Å²) in [4.78, 5) is 7.91. The third kappa shape index (κ3) is 5.73. The van der Waals surface area contributed by atoms with Gasteiger partial charge in [0.15, 0.2) is 5.96 Å². The van der Waals surface area contributed by atoms with E-state index in [4.69, 9.17) is 0 Å². The number of halogens is 2. The highest BCUT2D eigenvalue weighted by molar-refractivity contribution is 14.1. The van der Waals surface area contributed by atoms with Gasteiger partial charge in [-0.3, -0.25) is 4.99 Å². The van der Waals surface area contributed by atoms with Gasteiger partial charge in [-0.25, -0.2) is 0 Å². The molecule has 0 spiro atoms. The maximum Gasteiger partial charge on any atom is 0.193 e. The first kappa shape index (κ1) is 19.8. The molecule has 0 aliphatic carbocycles. The Morgan fingerprint density at radius 2 is 2.18 bits per heavy atom. The molecule has 0 aliphatic heterocycles. The van der Waals surface area contributed by atoms with Gasteiger partial charge in [-0.15, -0.1) is 35.3 Å². The molecular formula is C15H22I2N4S. The summed E-state index contributed by atoms with van der Waals surface area (Å²) in [6, 6.07) is 8.57. The SMILES string of the molecule is CN=C(NCCc1ccc(I)s1)N(C)Cc1cccn1C.I. The van der Waals surface area contributed by atoms with Crippen LogP contribution in [0.3, 0.4) is 0 Å². The Hall–Kier alpha value is -0.290. The van der Waals surface area contributed by atoms with Crippen molar-refractivity contribution in [1.82, 2.24) is 14.8 Å². The Bertz CT molecular complexity index is 606. The molecule has 22 heavy (non-hydrogen) atoms. The predicted molar refractivity (Wildman–Crippen MR) is 114 cm³/mol. The summed E-state index contributed by atoms with van der Waals surface area (Å²) in [5.41, 5.74) is 1.27. The maximum atomic E-state index is 4.36. The Kier molecular flexibility index (Phi) is 8.77. The van der Waals surface area contributed by atoms with Crippen LogP contribution in [0.1, 0.15) is 10.6 Å². The standard InChI is InChI=1S/C15H21IN4S.HI/c1-17-15(18-9-8-13-6-7-14(16)21-13)20(3)11-12-5-4-10-19(12)2;/h4-7,10H,8-9,11H2,1-3H3,(H,17,18);1H. The van der Waals surface area contributed by atoms with E-state index < -0.39 is 0 Å². The van der Waals surface area contributed by atoms with E-state index in [0.717, 1.165) is 25.5 Å². The second kappa shape index (κ2) is 9.76. The molecule has 122 valence electrons. The number of thiophene rings is 1. The summed E-state index contributed by atoms with van der Waals surface area (Å²) in [5, 5.41) is 3.43. The van der Waals surface area contributed by atoms with Crippen molar-refractivity contribution in [1.29, 1.82) is 0 Å². The molecule has 0 aliphatic rings. The van der Waals surface area contributed by atoms with E-state index in [1.165, 1.54) is 13.5 Å². The summed E-state index contributed by atoms with van der Waals surface area (Å²) in [6.07, 6.45) is 3.10. The first-order chi connectivity index (χ1) is 10.1. The van der Waals surface area contributed by atoms with E-state index >= 15 is 0 Å². The second-order valence-corrected chi connectivity index (χ2v) is 7.96. The number of hydrogen-bond donors (Lipinski definition) is 1. The fourth-order valence-corrected chi connectivity index (χ4v) is 3.90. The molecule has 0 atom stereocenters. The molecule has 2 heterocycles. The van der Waals surface area contributed by atoms with Crippen LogP contribution in [0.15, 0.2) is 35.5 Å². The average Bonchev–Trinajstić information content (AvgIpc) is 3.04. The van der Waals surface area contributed by atoms with Crippen LogP contribution in [0, 0.1) is 2.88 Å². The number of aryl methyl sites for hydroxylation is 1. The number of hydrogen-bond acceptors (Lipinski definition) is 2. The summed E-state index contributed by atoms with van der Waals surface area (Å²) < 4.78 is 3.48. The van der Waals surface area contributed by atoms with Crippen LogP contribution in [0.4, 0.5) is 0 Å². The summed E-state index contributed by atoms with van der Waals surface area (Å²) in [7, 11) is 5.96. The molecule has 0 saturated carbocycles. The molecule has 4 nitrogen and oxygen atoms in total. The van der Waals surface area contributed by atoms with E-state index in [1.54, 1.807) is 0 Å². The minimum atomic E-state index is 0. The van der Waals surface area contributed by atoms with Gasteiger partial charge in [0.2, 0.25) is 0 Å². The number of aliphatic imine (C=N–C) groups is 1. The molecule has 1 N–H and O–H groups in total. The van der Waals surface area contributed by atoms with Crippen molar-refractivity contribution in [2.75, 3.05) is 20.6 Å². The molecule has 0 bridgehead atoms. The van der Waals surface area contributed by atoms with Crippen LogP contribution in [0.2, 0.25) is 0 Å². The van der Waals surface area contributed by atoms with E-state index in [-0.39, 0.29) is 24.0 Å². The second-order valence-electron chi connectivity index (χ2n) is 4.90. The van der Waals surface area contributed by atoms with Crippen molar-refractivity contribution in [3.8, 4) is 0 Å². The minimum Gasteiger partial charge on any atom is -0.356 e. The molecule has 2 rings (SSSR count). The molecule has 0 amide bonds. The number of guanidine groups is 1. The first-order valence-corrected chi connectivity index (χ1v) is 8.76. The van der Waals surface area contributed by atoms with Gasteiger partial charge in [0.25, 0.3) is 0 Å². The maximum absolute atomic E-state index is 4.36. The first-order valence-electron chi connectivity index (χ1n) is 6.86. The molecule has 0 radical (unpaired) electrons. The molecule has 0 unspecified atom stereocenters. The fraction of sp³-hybridized carbons (Fsp3) is 0.400. The monoisotopic (exact) mass is 544 g/mol. The van der Waals surface area contributed by atoms with Crippen LogP contribution >= 0.6 is 57.9 Å². The normalized spacial score (nSPS) is 11.2. The fourth-order valence-electron chi connectivity index (χ4n) is 2.15. The van der Waals surface area contributed by atoms with Crippen molar-refractivity contribution < 1.29 is 0 Å². The zero-order chi connectivity index (χ0) is 15.2. The van der Waals surface area contributed by atoms with E-state index in [0.29, 0.717) is 0 Å². The topological polar surface area (TPSA) is 32.6 Å². The van der Waals surface area contributed by atoms with Crippen molar-refractivity contribution in [3.05, 3.63) is 43.9 Å². The predicted octanol–water partition coefficient (Wildman–Crippen LogP) is 3.56. The molecule has 0 fully saturated rings. The highest BCUT2D eigenvalue weighted by Gasteiger charge is 2.08. The summed E-state index contributed by atoms with van der Waals surface area (Å²) in [5.74, 6) is 0.933. The van der Waals surface area contributed by atoms with Gasteiger partial charge < -0.3 is 14.8 Å². The highest BCUT2D eigenvalue weighted by Crippen LogP contribution is 2.18. The number of rotatable bonds is 5. The smallest absolute Gasteiger partial charge is 0.193 e. The van der Waals surface area contributed by atoms with Gasteiger partial charge in [-0.1, -0.05) is 0 Å². The van der Waals surface area contributed by atoms with Gasteiger partial charge in [0.05, 0.1) is 9.43 Å². The van der Waals surface area contributed by atoms with E-state index in [1.807, 2.05) is 18.4 Å². The molecule has 2 aromatic heterocycles. The van der Waals surface area contributed by atoms with Crippen molar-refractivity contribution in [2.24, 2.45) is 12.0 Å².